The Bertz CT molecular complexity index is 883. The fourth-order valence-electron chi connectivity index (χ4n) is 2.68. The molecule has 0 bridgehead atoms. The summed E-state index contributed by atoms with van der Waals surface area (Å²) in [4.78, 5) is 31.5. The lowest BCUT2D eigenvalue weighted by Crippen LogP contribution is -2.37. The van der Waals surface area contributed by atoms with Crippen molar-refractivity contribution in [2.75, 3.05) is 24.5 Å². The maximum atomic E-state index is 12.7. The fraction of sp³-hybridized carbons (Fsp3) is 0.562. The number of hydrogen-bond acceptors (Lipinski definition) is 5. The van der Waals surface area contributed by atoms with Crippen molar-refractivity contribution < 1.29 is 0 Å². The zero-order chi connectivity index (χ0) is 18.0. The van der Waals surface area contributed by atoms with E-state index < -0.39 is 0 Å². The number of nitrogens with zero attached hydrogens (tertiary/aromatic N) is 5. The largest absolute Gasteiger partial charge is 0.341 e. The van der Waals surface area contributed by atoms with Gasteiger partial charge in [0.15, 0.2) is 11.2 Å². The molecule has 0 aliphatic heterocycles. The predicted molar refractivity (Wildman–Crippen MR) is 96.6 cm³/mol. The average Bonchev–Trinajstić information content (AvgIpc) is 2.93. The van der Waals surface area contributed by atoms with Gasteiger partial charge in [0, 0.05) is 40.3 Å². The molecule has 0 atom stereocenters. The first-order chi connectivity index (χ1) is 11.3. The molecule has 2 rings (SSSR count). The second-order valence-corrected chi connectivity index (χ2v) is 6.05. The number of hydrogen-bond donors (Lipinski definition) is 1. The van der Waals surface area contributed by atoms with Crippen molar-refractivity contribution in [2.24, 2.45) is 19.8 Å². The third-order valence-electron chi connectivity index (χ3n) is 4.07. The Morgan fingerprint density at radius 2 is 1.92 bits per heavy atom. The van der Waals surface area contributed by atoms with Gasteiger partial charge in [-0.15, -0.1) is 0 Å². The zero-order valence-corrected chi connectivity index (χ0v) is 15.0. The lowest BCUT2D eigenvalue weighted by atomic mass is 10.3. The van der Waals surface area contributed by atoms with Crippen LogP contribution in [0, 0.1) is 0 Å². The Morgan fingerprint density at radius 3 is 2.46 bits per heavy atom. The number of aromatic nitrogens is 4. The van der Waals surface area contributed by atoms with Crippen LogP contribution in [0.5, 0.6) is 0 Å². The second-order valence-electron chi connectivity index (χ2n) is 6.05. The van der Waals surface area contributed by atoms with Crippen molar-refractivity contribution in [3.8, 4) is 0 Å². The van der Waals surface area contributed by atoms with Gasteiger partial charge in [0.1, 0.15) is 0 Å². The summed E-state index contributed by atoms with van der Waals surface area (Å²) in [6.07, 6.45) is 2.03. The quantitative estimate of drug-likeness (QED) is 0.761. The van der Waals surface area contributed by atoms with Crippen LogP contribution in [0.25, 0.3) is 11.2 Å². The molecular weight excluding hydrogens is 308 g/mol. The van der Waals surface area contributed by atoms with E-state index in [-0.39, 0.29) is 11.2 Å². The minimum Gasteiger partial charge on any atom is -0.341 e. The number of fused-ring (bicyclic) bond motifs is 1. The van der Waals surface area contributed by atoms with Crippen molar-refractivity contribution in [3.05, 3.63) is 32.5 Å². The van der Waals surface area contributed by atoms with Crippen molar-refractivity contribution in [2.45, 2.75) is 27.3 Å². The summed E-state index contributed by atoms with van der Waals surface area (Å²) in [6, 6.07) is 0. The normalized spacial score (nSPS) is 11.1. The van der Waals surface area contributed by atoms with E-state index in [1.165, 1.54) is 11.6 Å². The fourth-order valence-corrected chi connectivity index (χ4v) is 2.68. The van der Waals surface area contributed by atoms with E-state index in [9.17, 15) is 9.59 Å². The van der Waals surface area contributed by atoms with E-state index in [4.69, 9.17) is 5.73 Å². The SMILES string of the molecule is CCN(CCN)c1nc2c(c(=O)n(C)c(=O)n2C)n1CC=C(C)C. The van der Waals surface area contributed by atoms with Crippen LogP contribution in [-0.2, 0) is 20.6 Å². The topological polar surface area (TPSA) is 91.1 Å². The first kappa shape index (κ1) is 18.0. The van der Waals surface area contributed by atoms with Crippen molar-refractivity contribution in [1.29, 1.82) is 0 Å². The minimum absolute atomic E-state index is 0.335. The molecule has 2 heterocycles. The number of rotatable bonds is 6. The Balaban J connectivity index is 2.86. The van der Waals surface area contributed by atoms with Gasteiger partial charge in [-0.05, 0) is 20.8 Å². The van der Waals surface area contributed by atoms with Gasteiger partial charge in [0.2, 0.25) is 5.95 Å². The van der Waals surface area contributed by atoms with Crippen molar-refractivity contribution >= 4 is 17.1 Å². The Hall–Kier alpha value is -2.35. The number of nitrogens with two attached hydrogens (primary N) is 1. The zero-order valence-electron chi connectivity index (χ0n) is 15.0. The van der Waals surface area contributed by atoms with Crippen molar-refractivity contribution in [3.63, 3.8) is 0 Å². The maximum Gasteiger partial charge on any atom is 0.332 e. The summed E-state index contributed by atoms with van der Waals surface area (Å²) in [5.41, 5.74) is 6.96. The van der Waals surface area contributed by atoms with Crippen LogP contribution in [-0.4, -0.2) is 38.3 Å². The molecule has 0 aromatic carbocycles. The molecule has 0 fully saturated rings. The van der Waals surface area contributed by atoms with Crippen LogP contribution in [0.1, 0.15) is 20.8 Å². The van der Waals surface area contributed by atoms with Gasteiger partial charge in [0.05, 0.1) is 0 Å². The van der Waals surface area contributed by atoms with Gasteiger partial charge in [-0.3, -0.25) is 13.9 Å². The molecule has 8 heteroatoms. The molecule has 0 amide bonds. The van der Waals surface area contributed by atoms with E-state index in [2.05, 4.69) is 4.98 Å². The monoisotopic (exact) mass is 334 g/mol. The van der Waals surface area contributed by atoms with E-state index in [1.807, 2.05) is 36.3 Å². The summed E-state index contributed by atoms with van der Waals surface area (Å²) < 4.78 is 4.39. The van der Waals surface area contributed by atoms with Crippen LogP contribution in [0.2, 0.25) is 0 Å². The smallest absolute Gasteiger partial charge is 0.332 e. The highest BCUT2D eigenvalue weighted by atomic mass is 16.2. The molecule has 8 nitrogen and oxygen atoms in total. The van der Waals surface area contributed by atoms with E-state index in [1.54, 1.807) is 7.05 Å². The molecule has 0 unspecified atom stereocenters. The summed E-state index contributed by atoms with van der Waals surface area (Å²) in [5, 5.41) is 0. The molecule has 0 radical (unpaired) electrons. The van der Waals surface area contributed by atoms with E-state index in [0.29, 0.717) is 43.3 Å². The van der Waals surface area contributed by atoms with E-state index in [0.717, 1.165) is 10.1 Å². The van der Waals surface area contributed by atoms with E-state index >= 15 is 0 Å². The molecule has 24 heavy (non-hydrogen) atoms. The molecule has 0 spiro atoms. The molecule has 132 valence electrons. The first-order valence-corrected chi connectivity index (χ1v) is 8.08. The lowest BCUT2D eigenvalue weighted by Gasteiger charge is -2.21. The molecule has 2 aromatic rings. The standard InChI is InChI=1S/C16H26N6O2/c1-6-21(10-8-17)15-18-13-12(22(15)9-7-11(2)3)14(23)20(5)16(24)19(13)4/h7H,6,8-10,17H2,1-5H3. The Morgan fingerprint density at radius 1 is 1.25 bits per heavy atom. The third kappa shape index (κ3) is 3.01. The van der Waals surface area contributed by atoms with Crippen LogP contribution in [0.4, 0.5) is 5.95 Å². The van der Waals surface area contributed by atoms with Gasteiger partial charge in [0.25, 0.3) is 5.56 Å². The number of allylic oxidation sites excluding steroid dienone is 2. The highest BCUT2D eigenvalue weighted by Crippen LogP contribution is 2.19. The second kappa shape index (κ2) is 7.04. The Labute approximate surface area is 140 Å². The molecule has 2 N–H and O–H groups in total. The summed E-state index contributed by atoms with van der Waals surface area (Å²) in [6.45, 7) is 8.36. The van der Waals surface area contributed by atoms with Crippen LogP contribution in [0.3, 0.4) is 0 Å². The molecular formula is C16H26N6O2. The predicted octanol–water partition coefficient (Wildman–Crippen LogP) is 0.185. The molecule has 0 saturated carbocycles. The highest BCUT2D eigenvalue weighted by molar-refractivity contribution is 5.74. The number of aryl methyl sites for hydroxylation is 1. The lowest BCUT2D eigenvalue weighted by molar-refractivity contribution is 0.701. The molecule has 0 aliphatic carbocycles. The molecule has 0 saturated heterocycles. The first-order valence-electron chi connectivity index (χ1n) is 8.08. The molecule has 0 aliphatic rings. The van der Waals surface area contributed by atoms with Crippen LogP contribution < -0.4 is 21.9 Å². The van der Waals surface area contributed by atoms with Gasteiger partial charge in [-0.1, -0.05) is 11.6 Å². The number of likely N-dealkylation sites (N-methyl/N-ethyl adjacent to an activating group) is 1. The number of imidazole rings is 1. The van der Waals surface area contributed by atoms with Gasteiger partial charge in [-0.2, -0.15) is 4.98 Å². The Kier molecular flexibility index (Phi) is 5.28. The van der Waals surface area contributed by atoms with Crippen molar-refractivity contribution in [1.82, 2.24) is 18.7 Å². The molecule has 2 aromatic heterocycles. The van der Waals surface area contributed by atoms with Gasteiger partial charge in [-0.25, -0.2) is 4.79 Å². The van der Waals surface area contributed by atoms with Crippen LogP contribution >= 0.6 is 0 Å². The highest BCUT2D eigenvalue weighted by Gasteiger charge is 2.21. The maximum absolute atomic E-state index is 12.7. The summed E-state index contributed by atoms with van der Waals surface area (Å²) in [7, 11) is 3.12. The van der Waals surface area contributed by atoms with Crippen LogP contribution in [0.15, 0.2) is 21.2 Å². The minimum atomic E-state index is -0.382. The third-order valence-corrected chi connectivity index (χ3v) is 4.07. The summed E-state index contributed by atoms with van der Waals surface area (Å²) >= 11 is 0. The summed E-state index contributed by atoms with van der Waals surface area (Å²) in [5.74, 6) is 0.661. The van der Waals surface area contributed by atoms with Gasteiger partial charge < -0.3 is 15.2 Å². The van der Waals surface area contributed by atoms with Gasteiger partial charge >= 0.3 is 5.69 Å². The average molecular weight is 334 g/mol. The number of anilines is 1.